The summed E-state index contributed by atoms with van der Waals surface area (Å²) in [7, 11) is -2.28. The molecule has 1 saturated heterocycles. The molecule has 1 fully saturated rings. The third-order valence-corrected chi connectivity index (χ3v) is 7.24. The van der Waals surface area contributed by atoms with Crippen LogP contribution in [0.2, 0.25) is 10.0 Å². The number of rotatable bonds is 5. The number of nitrogens with zero attached hydrogens (tertiary/aromatic N) is 1. The molecule has 3 rings (SSSR count). The second kappa shape index (κ2) is 9.34. The molecule has 1 N–H and O–H groups in total. The average Bonchev–Trinajstić information content (AvgIpc) is 2.99. The lowest BCUT2D eigenvalue weighted by molar-refractivity contribution is 0.102. The first-order valence-electron chi connectivity index (χ1n) is 9.27. The van der Waals surface area contributed by atoms with Crippen LogP contribution in [0.3, 0.4) is 0 Å². The molecule has 9 heteroatoms. The highest BCUT2D eigenvalue weighted by molar-refractivity contribution is 7.89. The molecule has 0 aliphatic carbocycles. The summed E-state index contributed by atoms with van der Waals surface area (Å²) in [5.41, 5.74) is 0.471. The third-order valence-electron chi connectivity index (χ3n) is 4.80. The van der Waals surface area contributed by atoms with Crippen molar-refractivity contribution < 1.29 is 17.9 Å². The highest BCUT2D eigenvalue weighted by Gasteiger charge is 2.27. The van der Waals surface area contributed by atoms with Gasteiger partial charge in [0.1, 0.15) is 5.75 Å². The minimum Gasteiger partial charge on any atom is -0.496 e. The molecule has 0 aromatic heterocycles. The van der Waals surface area contributed by atoms with E-state index in [2.05, 4.69) is 5.32 Å². The molecule has 1 aliphatic rings. The number of amides is 1. The number of halogens is 2. The predicted octanol–water partition coefficient (Wildman–Crippen LogP) is 4.82. The smallest absolute Gasteiger partial charge is 0.259 e. The molecule has 0 bridgehead atoms. The van der Waals surface area contributed by atoms with Gasteiger partial charge in [-0.3, -0.25) is 4.79 Å². The molecular formula is C20H22Cl2N2O4S. The minimum atomic E-state index is -3.70. The van der Waals surface area contributed by atoms with E-state index >= 15 is 0 Å². The van der Waals surface area contributed by atoms with Crippen LogP contribution in [-0.2, 0) is 10.0 Å². The van der Waals surface area contributed by atoms with E-state index in [1.807, 2.05) is 0 Å². The van der Waals surface area contributed by atoms with Gasteiger partial charge >= 0.3 is 0 Å². The van der Waals surface area contributed by atoms with Crippen LogP contribution in [0.4, 0.5) is 5.69 Å². The van der Waals surface area contributed by atoms with E-state index < -0.39 is 15.9 Å². The van der Waals surface area contributed by atoms with Crippen molar-refractivity contribution in [3.63, 3.8) is 0 Å². The number of carbonyl (C=O) groups excluding carboxylic acids is 1. The average molecular weight is 457 g/mol. The molecule has 1 aliphatic heterocycles. The van der Waals surface area contributed by atoms with Gasteiger partial charge in [0.15, 0.2) is 0 Å². The number of anilines is 1. The summed E-state index contributed by atoms with van der Waals surface area (Å²) in [6.45, 7) is 0.965. The van der Waals surface area contributed by atoms with Crippen LogP contribution >= 0.6 is 23.2 Å². The number of sulfonamides is 1. The molecule has 1 amide bonds. The fraction of sp³-hybridized carbons (Fsp3) is 0.350. The summed E-state index contributed by atoms with van der Waals surface area (Å²) in [4.78, 5) is 12.9. The van der Waals surface area contributed by atoms with Crippen molar-refractivity contribution in [2.24, 2.45) is 0 Å². The third kappa shape index (κ3) is 5.04. The summed E-state index contributed by atoms with van der Waals surface area (Å²) in [6.07, 6.45) is 3.70. The second-order valence-corrected chi connectivity index (χ2v) is 9.54. The fourth-order valence-corrected chi connectivity index (χ4v) is 5.24. The number of nitrogens with one attached hydrogen (secondary N) is 1. The van der Waals surface area contributed by atoms with Crippen LogP contribution in [0.1, 0.15) is 36.0 Å². The SMILES string of the molecule is COc1ccc(S(=O)(=O)N2CCCCCC2)cc1C(=O)Nc1ccc(Cl)cc1Cl. The lowest BCUT2D eigenvalue weighted by Crippen LogP contribution is -2.32. The van der Waals surface area contributed by atoms with Gasteiger partial charge in [-0.15, -0.1) is 0 Å². The Morgan fingerprint density at radius 2 is 1.72 bits per heavy atom. The van der Waals surface area contributed by atoms with Crippen LogP contribution < -0.4 is 10.1 Å². The molecule has 156 valence electrons. The largest absolute Gasteiger partial charge is 0.496 e. The zero-order valence-corrected chi connectivity index (χ0v) is 18.3. The number of hydrogen-bond donors (Lipinski definition) is 1. The number of benzene rings is 2. The molecule has 0 atom stereocenters. The Kier molecular flexibility index (Phi) is 7.05. The number of carbonyl (C=O) groups is 1. The van der Waals surface area contributed by atoms with E-state index in [4.69, 9.17) is 27.9 Å². The van der Waals surface area contributed by atoms with E-state index in [0.717, 1.165) is 25.7 Å². The minimum absolute atomic E-state index is 0.0625. The van der Waals surface area contributed by atoms with Crippen LogP contribution in [-0.4, -0.2) is 38.8 Å². The Bertz CT molecular complexity index is 1000. The van der Waals surface area contributed by atoms with Crippen LogP contribution in [0.5, 0.6) is 5.75 Å². The Labute approximate surface area is 180 Å². The maximum absolute atomic E-state index is 13.1. The Balaban J connectivity index is 1.93. The maximum Gasteiger partial charge on any atom is 0.259 e. The normalized spacial score (nSPS) is 15.6. The standard InChI is InChI=1S/C20H22Cl2N2O4S/c1-28-19-9-7-15(29(26,27)24-10-4-2-3-5-11-24)13-16(19)20(25)23-18-8-6-14(21)12-17(18)22/h6-9,12-13H,2-5,10-11H2,1H3,(H,23,25). The van der Waals surface area contributed by atoms with Gasteiger partial charge < -0.3 is 10.1 Å². The highest BCUT2D eigenvalue weighted by atomic mass is 35.5. The van der Waals surface area contributed by atoms with Crippen LogP contribution in [0, 0.1) is 0 Å². The van der Waals surface area contributed by atoms with Gasteiger partial charge in [-0.2, -0.15) is 4.31 Å². The molecular weight excluding hydrogens is 435 g/mol. The summed E-state index contributed by atoms with van der Waals surface area (Å²) in [5.74, 6) is -0.263. The lowest BCUT2D eigenvalue weighted by Gasteiger charge is -2.20. The molecule has 2 aromatic rings. The fourth-order valence-electron chi connectivity index (χ4n) is 3.24. The molecule has 2 aromatic carbocycles. The molecule has 1 heterocycles. The first kappa shape index (κ1) is 21.9. The molecule has 6 nitrogen and oxygen atoms in total. The Morgan fingerprint density at radius 1 is 1.03 bits per heavy atom. The van der Waals surface area contributed by atoms with Gasteiger partial charge in [0, 0.05) is 18.1 Å². The number of hydrogen-bond acceptors (Lipinski definition) is 4. The topological polar surface area (TPSA) is 75.7 Å². The van der Waals surface area contributed by atoms with Crippen LogP contribution in [0.25, 0.3) is 0 Å². The maximum atomic E-state index is 13.1. The lowest BCUT2D eigenvalue weighted by atomic mass is 10.2. The van der Waals surface area contributed by atoms with E-state index in [9.17, 15) is 13.2 Å². The van der Waals surface area contributed by atoms with Gasteiger partial charge in [0.05, 0.1) is 28.3 Å². The zero-order chi connectivity index (χ0) is 21.0. The van der Waals surface area contributed by atoms with Gasteiger partial charge in [-0.1, -0.05) is 36.0 Å². The van der Waals surface area contributed by atoms with E-state index in [1.165, 1.54) is 35.7 Å². The molecule has 0 unspecified atom stereocenters. The second-order valence-electron chi connectivity index (χ2n) is 6.76. The van der Waals surface area contributed by atoms with Crippen LogP contribution in [0.15, 0.2) is 41.3 Å². The Hall–Kier alpha value is -1.80. The molecule has 0 radical (unpaired) electrons. The molecule has 0 spiro atoms. The highest BCUT2D eigenvalue weighted by Crippen LogP contribution is 2.29. The van der Waals surface area contributed by atoms with Crippen molar-refractivity contribution in [2.75, 3.05) is 25.5 Å². The van der Waals surface area contributed by atoms with Crippen molar-refractivity contribution in [2.45, 2.75) is 30.6 Å². The van der Waals surface area contributed by atoms with Crippen molar-refractivity contribution in [3.8, 4) is 5.75 Å². The van der Waals surface area contributed by atoms with E-state index in [-0.39, 0.29) is 21.2 Å². The quantitative estimate of drug-likeness (QED) is 0.699. The summed E-state index contributed by atoms with van der Waals surface area (Å²) >= 11 is 12.0. The summed E-state index contributed by atoms with van der Waals surface area (Å²) in [6, 6.07) is 8.98. The van der Waals surface area contributed by atoms with Crippen molar-refractivity contribution in [3.05, 3.63) is 52.0 Å². The zero-order valence-electron chi connectivity index (χ0n) is 16.0. The van der Waals surface area contributed by atoms with Gasteiger partial charge in [-0.25, -0.2) is 8.42 Å². The van der Waals surface area contributed by atoms with Crippen molar-refractivity contribution in [1.29, 1.82) is 0 Å². The number of methoxy groups -OCH3 is 1. The van der Waals surface area contributed by atoms with Gasteiger partial charge in [-0.05, 0) is 49.2 Å². The predicted molar refractivity (Wildman–Crippen MR) is 115 cm³/mol. The van der Waals surface area contributed by atoms with E-state index in [1.54, 1.807) is 12.1 Å². The first-order valence-corrected chi connectivity index (χ1v) is 11.5. The van der Waals surface area contributed by atoms with Crippen molar-refractivity contribution in [1.82, 2.24) is 4.31 Å². The summed E-state index contributed by atoms with van der Waals surface area (Å²) in [5, 5.41) is 3.40. The molecule has 0 saturated carbocycles. The van der Waals surface area contributed by atoms with Gasteiger partial charge in [0.2, 0.25) is 10.0 Å². The van der Waals surface area contributed by atoms with Gasteiger partial charge in [0.25, 0.3) is 5.91 Å². The van der Waals surface area contributed by atoms with E-state index in [0.29, 0.717) is 23.8 Å². The summed E-state index contributed by atoms with van der Waals surface area (Å²) < 4.78 is 32.9. The first-order chi connectivity index (χ1) is 13.8. The van der Waals surface area contributed by atoms with Crippen molar-refractivity contribution >= 4 is 44.8 Å². The number of ether oxygens (including phenoxy) is 1. The Morgan fingerprint density at radius 3 is 2.34 bits per heavy atom. The molecule has 29 heavy (non-hydrogen) atoms. The monoisotopic (exact) mass is 456 g/mol.